The van der Waals surface area contributed by atoms with E-state index in [0.29, 0.717) is 17.1 Å². The van der Waals surface area contributed by atoms with Gasteiger partial charge in [-0.15, -0.1) is 0 Å². The van der Waals surface area contributed by atoms with Crippen LogP contribution in [0.15, 0.2) is 24.3 Å². The van der Waals surface area contributed by atoms with Crippen molar-refractivity contribution in [3.63, 3.8) is 0 Å². The largest absolute Gasteiger partial charge is 0.496 e. The highest BCUT2D eigenvalue weighted by molar-refractivity contribution is 7.71. The van der Waals surface area contributed by atoms with Crippen LogP contribution < -0.4 is 4.74 Å². The zero-order valence-electron chi connectivity index (χ0n) is 11.2. The van der Waals surface area contributed by atoms with Crippen LogP contribution in [0.4, 0.5) is 0 Å². The molecule has 0 saturated heterocycles. The number of aromatic amines is 1. The Bertz CT molecular complexity index is 638. The summed E-state index contributed by atoms with van der Waals surface area (Å²) < 4.78 is 11.0. The van der Waals surface area contributed by atoms with Gasteiger partial charge in [-0.05, 0) is 25.1 Å². The number of aryl methyl sites for hydroxylation is 1. The Morgan fingerprint density at radius 2 is 2.05 bits per heavy atom. The van der Waals surface area contributed by atoms with E-state index in [2.05, 4.69) is 16.0 Å². The first-order chi connectivity index (χ1) is 9.13. The van der Waals surface area contributed by atoms with Crippen molar-refractivity contribution in [1.29, 1.82) is 0 Å². The molecule has 0 aliphatic rings. The first kappa shape index (κ1) is 13.7. The van der Waals surface area contributed by atoms with Gasteiger partial charge in [-0.2, -0.15) is 0 Å². The summed E-state index contributed by atoms with van der Waals surface area (Å²) in [5, 5.41) is 0. The molecular weight excluding hydrogens is 260 g/mol. The predicted molar refractivity (Wildman–Crippen MR) is 76.9 cm³/mol. The monoisotopic (exact) mass is 276 g/mol. The molecule has 19 heavy (non-hydrogen) atoms. The number of rotatable bonds is 4. The van der Waals surface area contributed by atoms with Gasteiger partial charge in [0, 0.05) is 12.7 Å². The Kier molecular flexibility index (Phi) is 4.29. The topological polar surface area (TPSA) is 47.1 Å². The van der Waals surface area contributed by atoms with Crippen LogP contribution in [0.3, 0.4) is 0 Å². The summed E-state index contributed by atoms with van der Waals surface area (Å²) >= 11 is 5.19. The number of nitrogens with one attached hydrogen (secondary N) is 1. The number of hydrogen-bond acceptors (Lipinski definition) is 4. The number of H-pyrrole nitrogens is 1. The van der Waals surface area contributed by atoms with Gasteiger partial charge in [0.05, 0.1) is 12.8 Å². The van der Waals surface area contributed by atoms with E-state index >= 15 is 0 Å². The second-order valence-corrected chi connectivity index (χ2v) is 4.63. The maximum Gasteiger partial charge on any atom is 0.134 e. The Hall–Kier alpha value is -1.72. The molecule has 0 aliphatic carbocycles. The maximum absolute atomic E-state index is 5.39. The van der Waals surface area contributed by atoms with Gasteiger partial charge in [0.15, 0.2) is 0 Å². The van der Waals surface area contributed by atoms with Crippen molar-refractivity contribution >= 4 is 12.2 Å². The molecule has 1 aromatic heterocycles. The third-order valence-electron chi connectivity index (χ3n) is 2.72. The normalized spacial score (nSPS) is 10.5. The Labute approximate surface area is 117 Å². The van der Waals surface area contributed by atoms with Gasteiger partial charge < -0.3 is 14.5 Å². The zero-order chi connectivity index (χ0) is 13.8. The minimum Gasteiger partial charge on any atom is -0.496 e. The van der Waals surface area contributed by atoms with Gasteiger partial charge in [-0.1, -0.05) is 23.8 Å². The molecule has 4 nitrogen and oxygen atoms in total. The highest BCUT2D eigenvalue weighted by Crippen LogP contribution is 2.29. The lowest BCUT2D eigenvalue weighted by molar-refractivity contribution is 0.177. The molecule has 5 heteroatoms. The number of hydrogen-bond donors (Lipinski definition) is 1. The molecule has 0 fully saturated rings. The van der Waals surface area contributed by atoms with E-state index in [-0.39, 0.29) is 0 Å². The summed E-state index contributed by atoms with van der Waals surface area (Å²) in [7, 11) is 3.28. The van der Waals surface area contributed by atoms with E-state index in [4.69, 9.17) is 21.7 Å². The van der Waals surface area contributed by atoms with Crippen molar-refractivity contribution in [2.75, 3.05) is 14.2 Å². The van der Waals surface area contributed by atoms with Gasteiger partial charge in [-0.3, -0.25) is 0 Å². The van der Waals surface area contributed by atoms with E-state index < -0.39 is 0 Å². The van der Waals surface area contributed by atoms with Crippen LogP contribution in [0.1, 0.15) is 11.4 Å². The van der Waals surface area contributed by atoms with E-state index in [1.54, 1.807) is 14.2 Å². The first-order valence-corrected chi connectivity index (χ1v) is 6.29. The third kappa shape index (κ3) is 3.19. The molecule has 1 aromatic carbocycles. The van der Waals surface area contributed by atoms with E-state index in [1.807, 2.05) is 25.1 Å². The molecular formula is C14H16N2O2S. The van der Waals surface area contributed by atoms with Crippen molar-refractivity contribution in [2.45, 2.75) is 13.5 Å². The highest BCUT2D eigenvalue weighted by Gasteiger charge is 2.08. The lowest BCUT2D eigenvalue weighted by atomic mass is 10.1. The van der Waals surface area contributed by atoms with Crippen LogP contribution in [-0.4, -0.2) is 24.2 Å². The van der Waals surface area contributed by atoms with Crippen molar-refractivity contribution in [3.8, 4) is 17.0 Å². The third-order valence-corrected chi connectivity index (χ3v) is 2.93. The summed E-state index contributed by atoms with van der Waals surface area (Å²) in [5.74, 6) is 1.50. The summed E-state index contributed by atoms with van der Waals surface area (Å²) in [6.07, 6.45) is 0. The van der Waals surface area contributed by atoms with Crippen molar-refractivity contribution < 1.29 is 9.47 Å². The van der Waals surface area contributed by atoms with Crippen molar-refractivity contribution in [2.24, 2.45) is 0 Å². The minimum absolute atomic E-state index is 0.394. The molecule has 0 saturated carbocycles. The van der Waals surface area contributed by atoms with Gasteiger partial charge in [-0.25, -0.2) is 4.98 Å². The number of ether oxygens (including phenoxy) is 2. The van der Waals surface area contributed by atoms with Crippen LogP contribution in [0.25, 0.3) is 11.3 Å². The van der Waals surface area contributed by atoms with Crippen molar-refractivity contribution in [3.05, 3.63) is 40.3 Å². The fourth-order valence-corrected chi connectivity index (χ4v) is 2.12. The average Bonchev–Trinajstić information content (AvgIpc) is 2.38. The molecule has 100 valence electrons. The summed E-state index contributed by atoms with van der Waals surface area (Å²) in [4.78, 5) is 7.44. The fraction of sp³-hybridized carbons (Fsp3) is 0.286. The molecule has 0 aliphatic heterocycles. The van der Waals surface area contributed by atoms with Gasteiger partial charge in [0.1, 0.15) is 22.8 Å². The molecule has 2 aromatic rings. The quantitative estimate of drug-likeness (QED) is 0.871. The zero-order valence-corrected chi connectivity index (χ0v) is 12.0. The fourth-order valence-electron chi connectivity index (χ4n) is 1.89. The summed E-state index contributed by atoms with van der Waals surface area (Å²) in [6.45, 7) is 2.43. The van der Waals surface area contributed by atoms with Crippen molar-refractivity contribution in [1.82, 2.24) is 9.97 Å². The SMILES string of the molecule is COCc1nc(=S)cc(-c2cc(C)ccc2OC)[nH]1. The molecule has 0 spiro atoms. The van der Waals surface area contributed by atoms with Crippen LogP contribution in [0.2, 0.25) is 0 Å². The van der Waals surface area contributed by atoms with Gasteiger partial charge >= 0.3 is 0 Å². The Balaban J connectivity index is 2.57. The maximum atomic E-state index is 5.39. The average molecular weight is 276 g/mol. The van der Waals surface area contributed by atoms with E-state index in [1.165, 1.54) is 0 Å². The van der Waals surface area contributed by atoms with Crippen LogP contribution in [-0.2, 0) is 11.3 Å². The number of methoxy groups -OCH3 is 2. The molecule has 2 rings (SSSR count). The smallest absolute Gasteiger partial charge is 0.134 e. The molecule has 1 N–H and O–H groups in total. The second-order valence-electron chi connectivity index (χ2n) is 4.22. The van der Waals surface area contributed by atoms with Crippen LogP contribution >= 0.6 is 12.2 Å². The van der Waals surface area contributed by atoms with E-state index in [9.17, 15) is 0 Å². The summed E-state index contributed by atoms with van der Waals surface area (Å²) in [6, 6.07) is 7.83. The predicted octanol–water partition coefficient (Wildman–Crippen LogP) is 3.27. The highest BCUT2D eigenvalue weighted by atomic mass is 32.1. The van der Waals surface area contributed by atoms with Crippen LogP contribution in [0, 0.1) is 11.6 Å². The molecule has 0 radical (unpaired) electrons. The van der Waals surface area contributed by atoms with Crippen LogP contribution in [0.5, 0.6) is 5.75 Å². The minimum atomic E-state index is 0.394. The number of nitrogens with zero attached hydrogens (tertiary/aromatic N) is 1. The molecule has 1 heterocycles. The second kappa shape index (κ2) is 5.95. The lowest BCUT2D eigenvalue weighted by Crippen LogP contribution is -2.00. The molecule has 0 bridgehead atoms. The number of aromatic nitrogens is 2. The Morgan fingerprint density at radius 1 is 1.26 bits per heavy atom. The number of benzene rings is 1. The molecule has 0 amide bonds. The van der Waals surface area contributed by atoms with Gasteiger partial charge in [0.25, 0.3) is 0 Å². The molecule has 0 atom stereocenters. The summed E-state index contributed by atoms with van der Waals surface area (Å²) in [5.41, 5.74) is 3.00. The standard InChI is InChI=1S/C14H16N2O2S/c1-9-4-5-12(18-3)10(6-9)11-7-14(19)16-13(15-11)8-17-2/h4-7H,8H2,1-3H3,(H,15,16,19). The first-order valence-electron chi connectivity index (χ1n) is 5.88. The molecule has 0 unspecified atom stereocenters. The van der Waals surface area contributed by atoms with Gasteiger partial charge in [0.2, 0.25) is 0 Å². The Morgan fingerprint density at radius 3 is 2.74 bits per heavy atom. The van der Waals surface area contributed by atoms with E-state index in [0.717, 1.165) is 22.6 Å². The lowest BCUT2D eigenvalue weighted by Gasteiger charge is -2.11.